The maximum atomic E-state index is 12.6. The molecule has 0 saturated heterocycles. The van der Waals surface area contributed by atoms with E-state index in [2.05, 4.69) is 17.0 Å². The van der Waals surface area contributed by atoms with Crippen LogP contribution in [0.3, 0.4) is 0 Å². The number of hydrogen-bond acceptors (Lipinski definition) is 3. The summed E-state index contributed by atoms with van der Waals surface area (Å²) in [5.41, 5.74) is 1.61. The minimum absolute atomic E-state index is 0.0164. The van der Waals surface area contributed by atoms with Crippen LogP contribution >= 0.6 is 0 Å². The summed E-state index contributed by atoms with van der Waals surface area (Å²) in [6.07, 6.45) is 5.23. The van der Waals surface area contributed by atoms with E-state index < -0.39 is 10.0 Å². The smallest absolute Gasteiger partial charge is 0.240 e. The maximum absolute atomic E-state index is 12.6. The van der Waals surface area contributed by atoms with Gasteiger partial charge in [-0.05, 0) is 48.9 Å². The zero-order valence-electron chi connectivity index (χ0n) is 12.8. The lowest BCUT2D eigenvalue weighted by molar-refractivity contribution is -0.116. The van der Waals surface area contributed by atoms with Crippen LogP contribution in [0.2, 0.25) is 0 Å². The first kappa shape index (κ1) is 15.5. The van der Waals surface area contributed by atoms with Crippen molar-refractivity contribution in [1.29, 1.82) is 0 Å². The summed E-state index contributed by atoms with van der Waals surface area (Å²) in [7, 11) is -3.50. The lowest BCUT2D eigenvalue weighted by Crippen LogP contribution is -2.41. The third-order valence-electron chi connectivity index (χ3n) is 4.70. The van der Waals surface area contributed by atoms with Crippen LogP contribution in [0, 0.1) is 5.92 Å². The van der Waals surface area contributed by atoms with Crippen LogP contribution in [0.4, 0.5) is 5.69 Å². The molecule has 0 aromatic heterocycles. The minimum atomic E-state index is -3.50. The topological polar surface area (TPSA) is 75.3 Å². The van der Waals surface area contributed by atoms with Gasteiger partial charge in [-0.25, -0.2) is 13.1 Å². The number of rotatable bonds is 3. The molecule has 1 saturated carbocycles. The van der Waals surface area contributed by atoms with E-state index in [4.69, 9.17) is 0 Å². The average molecular weight is 322 g/mol. The number of amides is 1. The molecule has 3 rings (SSSR count). The molecule has 0 unspecified atom stereocenters. The molecular weight excluding hydrogens is 300 g/mol. The number of carbonyl (C=O) groups excluding carboxylic acids is 1. The molecule has 1 aliphatic heterocycles. The number of fused-ring (bicyclic) bond motifs is 1. The Labute approximate surface area is 131 Å². The molecule has 1 aromatic rings. The highest BCUT2D eigenvalue weighted by molar-refractivity contribution is 7.89. The van der Waals surface area contributed by atoms with Crippen LogP contribution in [0.5, 0.6) is 0 Å². The second kappa shape index (κ2) is 6.01. The molecule has 1 heterocycles. The number of aryl methyl sites for hydroxylation is 1. The molecular formula is C16H22N2O3S. The van der Waals surface area contributed by atoms with E-state index in [1.54, 1.807) is 18.2 Å². The Morgan fingerprint density at radius 1 is 1.18 bits per heavy atom. The summed E-state index contributed by atoms with van der Waals surface area (Å²) in [6.45, 7) is 2.11. The molecule has 1 aromatic carbocycles. The number of anilines is 1. The Hall–Kier alpha value is -1.40. The normalized spacial score (nSPS) is 25.4. The molecule has 0 radical (unpaired) electrons. The van der Waals surface area contributed by atoms with E-state index in [9.17, 15) is 13.2 Å². The van der Waals surface area contributed by atoms with Crippen molar-refractivity contribution in [3.05, 3.63) is 23.8 Å². The van der Waals surface area contributed by atoms with Crippen LogP contribution in [0.15, 0.2) is 23.1 Å². The molecule has 2 N–H and O–H groups in total. The van der Waals surface area contributed by atoms with E-state index in [-0.39, 0.29) is 11.9 Å². The number of carbonyl (C=O) groups is 1. The van der Waals surface area contributed by atoms with E-state index >= 15 is 0 Å². The molecule has 5 nitrogen and oxygen atoms in total. The van der Waals surface area contributed by atoms with Crippen LogP contribution in [0.1, 0.15) is 44.6 Å². The Morgan fingerprint density at radius 2 is 1.95 bits per heavy atom. The van der Waals surface area contributed by atoms with Crippen LogP contribution in [-0.2, 0) is 21.2 Å². The van der Waals surface area contributed by atoms with Gasteiger partial charge in [0.05, 0.1) is 4.90 Å². The van der Waals surface area contributed by atoms with E-state index in [1.807, 2.05) is 0 Å². The van der Waals surface area contributed by atoms with Crippen molar-refractivity contribution in [2.75, 3.05) is 5.32 Å². The lowest BCUT2D eigenvalue weighted by atomic mass is 9.87. The number of hydrogen-bond donors (Lipinski definition) is 2. The first-order valence-electron chi connectivity index (χ1n) is 7.91. The standard InChI is InChI=1S/C16H22N2O3S/c1-11-4-2-3-5-14(11)18-22(20,21)13-7-8-15-12(10-13)6-9-16(19)17-15/h7-8,10-11,14,18H,2-6,9H2,1H3,(H,17,19)/t11-,14+/m1/s1. The molecule has 0 bridgehead atoms. The van der Waals surface area contributed by atoms with E-state index in [0.717, 1.165) is 30.5 Å². The molecule has 2 aliphatic rings. The van der Waals surface area contributed by atoms with Gasteiger partial charge in [0.1, 0.15) is 0 Å². The predicted octanol–water partition coefficient (Wildman–Crippen LogP) is 2.43. The highest BCUT2D eigenvalue weighted by Crippen LogP contribution is 2.28. The second-order valence-electron chi connectivity index (χ2n) is 6.36. The highest BCUT2D eigenvalue weighted by atomic mass is 32.2. The van der Waals surface area contributed by atoms with Gasteiger partial charge in [0.2, 0.25) is 15.9 Å². The van der Waals surface area contributed by atoms with Gasteiger partial charge < -0.3 is 5.32 Å². The average Bonchev–Trinajstić information content (AvgIpc) is 2.49. The molecule has 0 spiro atoms. The van der Waals surface area contributed by atoms with Gasteiger partial charge >= 0.3 is 0 Å². The Kier molecular flexibility index (Phi) is 4.23. The first-order valence-corrected chi connectivity index (χ1v) is 9.39. The van der Waals surface area contributed by atoms with Gasteiger partial charge in [0, 0.05) is 18.2 Å². The minimum Gasteiger partial charge on any atom is -0.326 e. The zero-order valence-corrected chi connectivity index (χ0v) is 13.6. The summed E-state index contributed by atoms with van der Waals surface area (Å²) in [6, 6.07) is 4.96. The first-order chi connectivity index (χ1) is 10.5. The van der Waals surface area contributed by atoms with Crippen molar-refractivity contribution in [2.45, 2.75) is 56.4 Å². The number of nitrogens with one attached hydrogen (secondary N) is 2. The predicted molar refractivity (Wildman–Crippen MR) is 85.1 cm³/mol. The van der Waals surface area contributed by atoms with Crippen molar-refractivity contribution in [2.24, 2.45) is 5.92 Å². The van der Waals surface area contributed by atoms with Crippen molar-refractivity contribution >= 4 is 21.6 Å². The summed E-state index contributed by atoms with van der Waals surface area (Å²) >= 11 is 0. The van der Waals surface area contributed by atoms with E-state index in [1.165, 1.54) is 6.42 Å². The van der Waals surface area contributed by atoms with Crippen molar-refractivity contribution in [3.63, 3.8) is 0 Å². The third-order valence-corrected chi connectivity index (χ3v) is 6.19. The fraction of sp³-hybridized carbons (Fsp3) is 0.562. The van der Waals surface area contributed by atoms with Crippen LogP contribution in [-0.4, -0.2) is 20.4 Å². The molecule has 2 atom stereocenters. The quantitative estimate of drug-likeness (QED) is 0.897. The van der Waals surface area contributed by atoms with Gasteiger partial charge in [-0.2, -0.15) is 0 Å². The number of sulfonamides is 1. The molecule has 1 amide bonds. The zero-order chi connectivity index (χ0) is 15.7. The monoisotopic (exact) mass is 322 g/mol. The molecule has 120 valence electrons. The highest BCUT2D eigenvalue weighted by Gasteiger charge is 2.27. The van der Waals surface area contributed by atoms with Crippen LogP contribution < -0.4 is 10.0 Å². The van der Waals surface area contributed by atoms with E-state index in [0.29, 0.717) is 23.7 Å². The Bertz CT molecular complexity index is 685. The summed E-state index contributed by atoms with van der Waals surface area (Å²) in [5, 5.41) is 2.77. The van der Waals surface area contributed by atoms with Crippen molar-refractivity contribution < 1.29 is 13.2 Å². The van der Waals surface area contributed by atoms with Gasteiger partial charge in [-0.1, -0.05) is 19.8 Å². The summed E-state index contributed by atoms with van der Waals surface area (Å²) in [5.74, 6) is 0.359. The fourth-order valence-corrected chi connectivity index (χ4v) is 4.72. The second-order valence-corrected chi connectivity index (χ2v) is 8.07. The molecule has 22 heavy (non-hydrogen) atoms. The fourth-order valence-electron chi connectivity index (χ4n) is 3.29. The van der Waals surface area contributed by atoms with Gasteiger partial charge in [0.15, 0.2) is 0 Å². The summed E-state index contributed by atoms with van der Waals surface area (Å²) in [4.78, 5) is 11.7. The number of benzene rings is 1. The van der Waals surface area contributed by atoms with Gasteiger partial charge in [-0.3, -0.25) is 4.79 Å². The molecule has 1 fully saturated rings. The Balaban J connectivity index is 1.81. The van der Waals surface area contributed by atoms with Crippen molar-refractivity contribution in [3.8, 4) is 0 Å². The van der Waals surface area contributed by atoms with Crippen LogP contribution in [0.25, 0.3) is 0 Å². The van der Waals surface area contributed by atoms with Gasteiger partial charge in [-0.15, -0.1) is 0 Å². The third kappa shape index (κ3) is 3.17. The lowest BCUT2D eigenvalue weighted by Gasteiger charge is -2.29. The van der Waals surface area contributed by atoms with Crippen molar-refractivity contribution in [1.82, 2.24) is 4.72 Å². The van der Waals surface area contributed by atoms with Gasteiger partial charge in [0.25, 0.3) is 0 Å². The molecule has 6 heteroatoms. The SMILES string of the molecule is C[C@@H]1CCCC[C@@H]1NS(=O)(=O)c1ccc2c(c1)CCC(=O)N2. The summed E-state index contributed by atoms with van der Waals surface area (Å²) < 4.78 is 28.1. The largest absolute Gasteiger partial charge is 0.326 e. The maximum Gasteiger partial charge on any atom is 0.240 e. The molecule has 1 aliphatic carbocycles. The Morgan fingerprint density at radius 3 is 2.73 bits per heavy atom.